The van der Waals surface area contributed by atoms with E-state index in [1.54, 1.807) is 13.3 Å². The first-order valence-electron chi connectivity index (χ1n) is 13.0. The summed E-state index contributed by atoms with van der Waals surface area (Å²) in [5, 5.41) is 1.06. The van der Waals surface area contributed by atoms with Crippen molar-refractivity contribution < 1.29 is 14.3 Å². The van der Waals surface area contributed by atoms with E-state index in [4.69, 9.17) is 9.47 Å². The lowest BCUT2D eigenvalue weighted by molar-refractivity contribution is 0.192. The fraction of sp³-hybridized carbons (Fsp3) is 0.500. The summed E-state index contributed by atoms with van der Waals surface area (Å²) in [6.07, 6.45) is 11.3. The molecule has 3 atom stereocenters. The fourth-order valence-electron chi connectivity index (χ4n) is 6.53. The largest absolute Gasteiger partial charge is 0.493 e. The topological polar surface area (TPSA) is 70.7 Å². The maximum Gasteiger partial charge on any atom is 0.324 e. The Morgan fingerprint density at radius 1 is 1.11 bits per heavy atom. The highest BCUT2D eigenvalue weighted by atomic mass is 16.5. The number of amides is 2. The number of urea groups is 1. The number of carbonyl (C=O) groups is 1. The number of pyridine rings is 1. The second-order valence-corrected chi connectivity index (χ2v) is 10.3. The van der Waals surface area contributed by atoms with Gasteiger partial charge in [-0.15, -0.1) is 0 Å². The number of aromatic nitrogens is 2. The van der Waals surface area contributed by atoms with E-state index in [-0.39, 0.29) is 6.03 Å². The molecule has 2 aliphatic carbocycles. The van der Waals surface area contributed by atoms with Crippen LogP contribution in [0, 0.1) is 17.8 Å². The number of ether oxygens (including phenoxy) is 2. The van der Waals surface area contributed by atoms with E-state index < -0.39 is 0 Å². The summed E-state index contributed by atoms with van der Waals surface area (Å²) in [6.45, 7) is 2.70. The van der Waals surface area contributed by atoms with E-state index in [1.165, 1.54) is 25.7 Å². The van der Waals surface area contributed by atoms with Crippen LogP contribution in [-0.2, 0) is 6.54 Å². The maximum atomic E-state index is 13.5. The van der Waals surface area contributed by atoms with Crippen molar-refractivity contribution in [2.45, 2.75) is 45.1 Å². The Hall–Kier alpha value is -3.22. The van der Waals surface area contributed by atoms with Crippen molar-refractivity contribution in [3.05, 3.63) is 48.3 Å². The van der Waals surface area contributed by atoms with Gasteiger partial charge in [-0.2, -0.15) is 0 Å². The smallest absolute Gasteiger partial charge is 0.324 e. The molecule has 0 radical (unpaired) electrons. The summed E-state index contributed by atoms with van der Waals surface area (Å²) in [6, 6.07) is 9.89. The van der Waals surface area contributed by atoms with Gasteiger partial charge in [-0.1, -0.05) is 6.42 Å². The van der Waals surface area contributed by atoms with Gasteiger partial charge in [0.25, 0.3) is 0 Å². The molecule has 3 aliphatic rings. The van der Waals surface area contributed by atoms with Crippen molar-refractivity contribution in [2.24, 2.45) is 17.8 Å². The summed E-state index contributed by atoms with van der Waals surface area (Å²) in [4.78, 5) is 24.8. The van der Waals surface area contributed by atoms with Gasteiger partial charge in [0.2, 0.25) is 0 Å². The van der Waals surface area contributed by atoms with Crippen LogP contribution in [0.5, 0.6) is 11.5 Å². The second kappa shape index (κ2) is 9.44. The highest BCUT2D eigenvalue weighted by Gasteiger charge is 2.39. The first-order valence-corrected chi connectivity index (χ1v) is 13.0. The molecule has 6 rings (SSSR count). The fourth-order valence-corrected chi connectivity index (χ4v) is 6.53. The number of anilines is 1. The third kappa shape index (κ3) is 4.32. The number of nitrogens with zero attached hydrogens (tertiary/aromatic N) is 3. The lowest BCUT2D eigenvalue weighted by Gasteiger charge is -2.36. The van der Waals surface area contributed by atoms with Gasteiger partial charge in [0.15, 0.2) is 11.5 Å². The Kier molecular flexibility index (Phi) is 6.00. The molecule has 3 fully saturated rings. The molecule has 1 N–H and O–H groups in total. The van der Waals surface area contributed by atoms with E-state index in [2.05, 4.69) is 9.97 Å². The van der Waals surface area contributed by atoms with Gasteiger partial charge < -0.3 is 19.4 Å². The number of hydrogen-bond acceptors (Lipinski definition) is 4. The molecule has 2 saturated carbocycles. The molecule has 2 aromatic heterocycles. The lowest BCUT2D eigenvalue weighted by atomic mass is 9.87. The molecule has 3 heterocycles. The number of carbonyl (C=O) groups excluding carboxylic acids is 1. The van der Waals surface area contributed by atoms with Crippen molar-refractivity contribution in [3.63, 3.8) is 0 Å². The number of aromatic amines is 1. The SMILES string of the molecule is COc1ccc(N2CCCN(Cc3ccnc4[nH]ccc34)C2=O)cc1OCC[C@@H]1C[C@@H]2CC[C@H]1C2. The van der Waals surface area contributed by atoms with Crippen LogP contribution in [0.3, 0.4) is 0 Å². The zero-order valence-corrected chi connectivity index (χ0v) is 20.4. The van der Waals surface area contributed by atoms with Crippen molar-refractivity contribution in [2.75, 3.05) is 31.7 Å². The molecule has 35 heavy (non-hydrogen) atoms. The minimum absolute atomic E-state index is 0.0230. The molecule has 2 amide bonds. The van der Waals surface area contributed by atoms with Crippen LogP contribution >= 0.6 is 0 Å². The minimum atomic E-state index is 0.0230. The van der Waals surface area contributed by atoms with E-state index in [1.807, 2.05) is 46.3 Å². The zero-order valence-electron chi connectivity index (χ0n) is 20.4. The van der Waals surface area contributed by atoms with Gasteiger partial charge in [-0.3, -0.25) is 4.90 Å². The molecule has 1 saturated heterocycles. The zero-order chi connectivity index (χ0) is 23.8. The molecule has 184 valence electrons. The lowest BCUT2D eigenvalue weighted by Crippen LogP contribution is -2.49. The van der Waals surface area contributed by atoms with E-state index in [0.717, 1.165) is 70.9 Å². The number of H-pyrrole nitrogens is 1. The monoisotopic (exact) mass is 474 g/mol. The number of nitrogens with one attached hydrogen (secondary N) is 1. The summed E-state index contributed by atoms with van der Waals surface area (Å²) in [5.41, 5.74) is 2.81. The van der Waals surface area contributed by atoms with Crippen molar-refractivity contribution in [3.8, 4) is 11.5 Å². The van der Waals surface area contributed by atoms with Gasteiger partial charge in [-0.25, -0.2) is 9.78 Å². The van der Waals surface area contributed by atoms with E-state index >= 15 is 0 Å². The second-order valence-electron chi connectivity index (χ2n) is 10.3. The number of rotatable bonds is 8. The van der Waals surface area contributed by atoms with Crippen LogP contribution < -0.4 is 14.4 Å². The number of methoxy groups -OCH3 is 1. The highest BCUT2D eigenvalue weighted by Crippen LogP contribution is 2.49. The van der Waals surface area contributed by atoms with Crippen LogP contribution in [0.1, 0.15) is 44.1 Å². The molecule has 2 bridgehead atoms. The van der Waals surface area contributed by atoms with Crippen LogP contribution in [-0.4, -0.2) is 47.7 Å². The molecular formula is C28H34N4O3. The van der Waals surface area contributed by atoms with Gasteiger partial charge >= 0.3 is 6.03 Å². The first-order chi connectivity index (χ1) is 17.2. The number of hydrogen-bond donors (Lipinski definition) is 1. The molecule has 3 aromatic rings. The molecule has 1 aromatic carbocycles. The van der Waals surface area contributed by atoms with Crippen molar-refractivity contribution >= 4 is 22.8 Å². The average molecular weight is 475 g/mol. The Balaban J connectivity index is 1.15. The Bertz CT molecular complexity index is 1210. The molecular weight excluding hydrogens is 440 g/mol. The summed E-state index contributed by atoms with van der Waals surface area (Å²) < 4.78 is 11.8. The first kappa shape index (κ1) is 22.3. The van der Waals surface area contributed by atoms with Gasteiger partial charge in [-0.05, 0) is 79.7 Å². The van der Waals surface area contributed by atoms with Gasteiger partial charge in [0.1, 0.15) is 5.65 Å². The summed E-state index contributed by atoms with van der Waals surface area (Å²) in [5.74, 6) is 4.11. The number of benzene rings is 1. The highest BCUT2D eigenvalue weighted by molar-refractivity contribution is 5.93. The average Bonchev–Trinajstić information content (AvgIpc) is 3.63. The van der Waals surface area contributed by atoms with Crippen LogP contribution in [0.2, 0.25) is 0 Å². The quantitative estimate of drug-likeness (QED) is 0.461. The summed E-state index contributed by atoms with van der Waals surface area (Å²) in [7, 11) is 1.67. The summed E-state index contributed by atoms with van der Waals surface area (Å²) >= 11 is 0. The molecule has 1 aliphatic heterocycles. The Labute approximate surface area is 206 Å². The number of fused-ring (bicyclic) bond motifs is 3. The van der Waals surface area contributed by atoms with Crippen molar-refractivity contribution in [1.82, 2.24) is 14.9 Å². The minimum Gasteiger partial charge on any atom is -0.493 e. The van der Waals surface area contributed by atoms with Gasteiger partial charge in [0, 0.05) is 49.2 Å². The van der Waals surface area contributed by atoms with Crippen LogP contribution in [0.25, 0.3) is 11.0 Å². The van der Waals surface area contributed by atoms with E-state index in [9.17, 15) is 4.79 Å². The Morgan fingerprint density at radius 3 is 2.89 bits per heavy atom. The Morgan fingerprint density at radius 2 is 2.06 bits per heavy atom. The third-order valence-electron chi connectivity index (χ3n) is 8.31. The predicted molar refractivity (Wildman–Crippen MR) is 136 cm³/mol. The van der Waals surface area contributed by atoms with Gasteiger partial charge in [0.05, 0.1) is 13.7 Å². The molecule has 7 heteroatoms. The normalized spacial score (nSPS) is 23.9. The molecule has 7 nitrogen and oxygen atoms in total. The van der Waals surface area contributed by atoms with E-state index in [0.29, 0.717) is 19.7 Å². The van der Waals surface area contributed by atoms with Crippen LogP contribution in [0.4, 0.5) is 10.5 Å². The van der Waals surface area contributed by atoms with Crippen molar-refractivity contribution in [1.29, 1.82) is 0 Å². The molecule has 0 spiro atoms. The third-order valence-corrected chi connectivity index (χ3v) is 8.31. The maximum absolute atomic E-state index is 13.5. The standard InChI is InChI=1S/C28H34N4O3/c1-34-25-6-5-23(17-26(25)35-14-9-21-16-19-3-4-20(21)15-19)32-13-2-12-31(28(32)33)18-22-7-10-29-27-24(22)8-11-30-27/h5-8,10-11,17,19-21H,2-4,9,12-16,18H2,1H3,(H,29,30)/t19-,20+,21-/m1/s1. The molecule has 0 unspecified atom stereocenters. The van der Waals surface area contributed by atoms with Crippen LogP contribution in [0.15, 0.2) is 42.7 Å². The predicted octanol–water partition coefficient (Wildman–Crippen LogP) is 5.61.